The van der Waals surface area contributed by atoms with Gasteiger partial charge in [-0.3, -0.25) is 4.99 Å². The van der Waals surface area contributed by atoms with Crippen LogP contribution in [0, 0.1) is 0 Å². The topological polar surface area (TPSA) is 34.2 Å². The van der Waals surface area contributed by atoms with Gasteiger partial charge in [-0.2, -0.15) is 0 Å². The number of hydrogen-bond acceptors (Lipinski definition) is 2. The first-order valence-corrected chi connectivity index (χ1v) is 18.1. The molecule has 4 heteroatoms. The molecule has 1 atom stereocenters. The van der Waals surface area contributed by atoms with Gasteiger partial charge in [0, 0.05) is 55.1 Å². The minimum atomic E-state index is -0.203. The van der Waals surface area contributed by atoms with Gasteiger partial charge in [0.05, 0.1) is 27.8 Å². The highest BCUT2D eigenvalue weighted by Crippen LogP contribution is 2.42. The Morgan fingerprint density at radius 3 is 2.15 bits per heavy atom. The standard InChI is InChI=1S/C48H34N4/c1-3-15-32(16-4-1)46-39-23-9-11-24-42(39)49-48(50-46)33-17-13-20-35(28-33)51-43-25-12-10-22-37(43)40-29-41-38-27-26-31-14-7-8-21-36(31)47(38)52(45(41)30-44(40)51)34-18-5-2-6-19-34/h1-8,10-22,24-30,48-49H,9,23H2. The quantitative estimate of drug-likeness (QED) is 0.199. The van der Waals surface area contributed by atoms with Crippen LogP contribution in [0.1, 0.15) is 30.1 Å². The first-order chi connectivity index (χ1) is 25.8. The van der Waals surface area contributed by atoms with Crippen molar-refractivity contribution < 1.29 is 0 Å². The molecule has 7 aromatic carbocycles. The molecule has 0 saturated heterocycles. The molecule has 1 aliphatic heterocycles. The fourth-order valence-electron chi connectivity index (χ4n) is 8.63. The van der Waals surface area contributed by atoms with Crippen molar-refractivity contribution >= 4 is 60.1 Å². The summed E-state index contributed by atoms with van der Waals surface area (Å²) in [6, 6.07) is 57.3. The molecule has 0 amide bonds. The molecular weight excluding hydrogens is 633 g/mol. The molecule has 3 heterocycles. The minimum Gasteiger partial charge on any atom is -0.360 e. The highest BCUT2D eigenvalue weighted by atomic mass is 15.1. The van der Waals surface area contributed by atoms with Crippen LogP contribution in [-0.4, -0.2) is 14.8 Å². The van der Waals surface area contributed by atoms with E-state index >= 15 is 0 Å². The third kappa shape index (κ3) is 4.37. The summed E-state index contributed by atoms with van der Waals surface area (Å²) >= 11 is 0. The first-order valence-electron chi connectivity index (χ1n) is 18.1. The SMILES string of the molecule is C1=CC2=C(CC1)C(c1ccccc1)=NC(c1cccc(-n3c4ccccc4c4cc5c6ccc7ccccc7c6n(-c6ccccc6)c5cc43)c1)N2. The van der Waals surface area contributed by atoms with Gasteiger partial charge in [0.15, 0.2) is 0 Å². The number of rotatable bonds is 4. The molecule has 52 heavy (non-hydrogen) atoms. The fraction of sp³-hybridized carbons (Fsp3) is 0.0625. The smallest absolute Gasteiger partial charge is 0.145 e. The van der Waals surface area contributed by atoms with Gasteiger partial charge in [0.1, 0.15) is 6.17 Å². The Morgan fingerprint density at radius 1 is 0.538 bits per heavy atom. The highest BCUT2D eigenvalue weighted by molar-refractivity contribution is 6.23. The zero-order chi connectivity index (χ0) is 34.2. The molecule has 0 fully saturated rings. The Hall–Kier alpha value is -6.65. The van der Waals surface area contributed by atoms with Gasteiger partial charge in [-0.15, -0.1) is 0 Å². The average molecular weight is 667 g/mol. The Labute approximate surface area is 301 Å². The van der Waals surface area contributed by atoms with E-state index < -0.39 is 0 Å². The van der Waals surface area contributed by atoms with Gasteiger partial charge in [-0.05, 0) is 72.3 Å². The van der Waals surface area contributed by atoms with Crippen LogP contribution in [0.15, 0.2) is 186 Å². The van der Waals surface area contributed by atoms with Crippen LogP contribution in [0.4, 0.5) is 0 Å². The monoisotopic (exact) mass is 666 g/mol. The van der Waals surface area contributed by atoms with E-state index in [2.05, 4.69) is 184 Å². The van der Waals surface area contributed by atoms with Crippen molar-refractivity contribution in [1.29, 1.82) is 0 Å². The lowest BCUT2D eigenvalue weighted by molar-refractivity contribution is 0.616. The van der Waals surface area contributed by atoms with E-state index in [0.29, 0.717) is 0 Å². The van der Waals surface area contributed by atoms with Crippen LogP contribution in [0.3, 0.4) is 0 Å². The van der Waals surface area contributed by atoms with E-state index in [1.54, 1.807) is 0 Å². The van der Waals surface area contributed by atoms with Crippen LogP contribution in [0.5, 0.6) is 0 Å². The molecule has 0 bridgehead atoms. The zero-order valence-corrected chi connectivity index (χ0v) is 28.5. The van der Waals surface area contributed by atoms with E-state index in [4.69, 9.17) is 4.99 Å². The summed E-state index contributed by atoms with van der Waals surface area (Å²) in [5.41, 5.74) is 12.9. The predicted octanol–water partition coefficient (Wildman–Crippen LogP) is 11.7. The van der Waals surface area contributed by atoms with E-state index in [9.17, 15) is 0 Å². The molecule has 1 aliphatic carbocycles. The number of nitrogens with one attached hydrogen (secondary N) is 1. The molecule has 0 saturated carbocycles. The van der Waals surface area contributed by atoms with E-state index in [-0.39, 0.29) is 6.17 Å². The molecule has 9 aromatic rings. The summed E-state index contributed by atoms with van der Waals surface area (Å²) < 4.78 is 4.90. The lowest BCUT2D eigenvalue weighted by Gasteiger charge is -2.29. The number of fused-ring (bicyclic) bond motifs is 8. The molecule has 1 N–H and O–H groups in total. The molecule has 0 spiro atoms. The van der Waals surface area contributed by atoms with Crippen LogP contribution < -0.4 is 5.32 Å². The number of para-hydroxylation sites is 2. The van der Waals surface area contributed by atoms with Gasteiger partial charge >= 0.3 is 0 Å². The Bertz CT molecular complexity index is 2980. The van der Waals surface area contributed by atoms with Crippen molar-refractivity contribution in [1.82, 2.24) is 14.5 Å². The Morgan fingerprint density at radius 2 is 1.27 bits per heavy atom. The first kappa shape index (κ1) is 29.1. The fourth-order valence-corrected chi connectivity index (χ4v) is 8.63. The molecule has 4 nitrogen and oxygen atoms in total. The van der Waals surface area contributed by atoms with Crippen molar-refractivity contribution in [2.45, 2.75) is 19.0 Å². The Balaban J connectivity index is 1.15. The molecule has 0 radical (unpaired) electrons. The molecular formula is C48H34N4. The number of hydrogen-bond donors (Lipinski definition) is 1. The van der Waals surface area contributed by atoms with Gasteiger partial charge in [0.25, 0.3) is 0 Å². The van der Waals surface area contributed by atoms with E-state index in [1.807, 2.05) is 0 Å². The van der Waals surface area contributed by atoms with Crippen LogP contribution in [0.2, 0.25) is 0 Å². The summed E-state index contributed by atoms with van der Waals surface area (Å²) in [6.45, 7) is 0. The lowest BCUT2D eigenvalue weighted by atomic mass is 9.91. The van der Waals surface area contributed by atoms with Crippen molar-refractivity contribution in [2.75, 3.05) is 0 Å². The van der Waals surface area contributed by atoms with E-state index in [0.717, 1.165) is 35.5 Å². The number of benzene rings is 7. The van der Waals surface area contributed by atoms with Crippen molar-refractivity contribution in [3.63, 3.8) is 0 Å². The second-order valence-electron chi connectivity index (χ2n) is 13.9. The van der Waals surface area contributed by atoms with Crippen molar-refractivity contribution in [2.24, 2.45) is 4.99 Å². The molecule has 11 rings (SSSR count). The summed E-state index contributed by atoms with van der Waals surface area (Å²) in [6.07, 6.45) is 6.33. The van der Waals surface area contributed by atoms with Gasteiger partial charge in [-0.25, -0.2) is 0 Å². The number of allylic oxidation sites excluding steroid dienone is 3. The summed E-state index contributed by atoms with van der Waals surface area (Å²) in [4.78, 5) is 5.39. The summed E-state index contributed by atoms with van der Waals surface area (Å²) in [5, 5.41) is 11.3. The number of nitrogens with zero attached hydrogens (tertiary/aromatic N) is 3. The van der Waals surface area contributed by atoms with Crippen LogP contribution in [-0.2, 0) is 0 Å². The van der Waals surface area contributed by atoms with Gasteiger partial charge in [0.2, 0.25) is 0 Å². The lowest BCUT2D eigenvalue weighted by Crippen LogP contribution is -2.29. The second-order valence-corrected chi connectivity index (χ2v) is 13.9. The molecule has 2 aromatic heterocycles. The largest absolute Gasteiger partial charge is 0.360 e. The zero-order valence-electron chi connectivity index (χ0n) is 28.5. The maximum absolute atomic E-state index is 5.39. The van der Waals surface area contributed by atoms with Crippen molar-refractivity contribution in [3.05, 3.63) is 192 Å². The molecule has 2 aliphatic rings. The van der Waals surface area contributed by atoms with E-state index in [1.165, 1.54) is 71.2 Å². The third-order valence-corrected chi connectivity index (χ3v) is 11.0. The van der Waals surface area contributed by atoms with Gasteiger partial charge in [-0.1, -0.05) is 121 Å². The van der Waals surface area contributed by atoms with Gasteiger partial charge < -0.3 is 14.5 Å². The Kier molecular flexibility index (Phi) is 6.41. The van der Waals surface area contributed by atoms with Crippen LogP contribution in [0.25, 0.3) is 65.8 Å². The van der Waals surface area contributed by atoms with Crippen molar-refractivity contribution in [3.8, 4) is 11.4 Å². The summed E-state index contributed by atoms with van der Waals surface area (Å²) in [5.74, 6) is 0. The second kappa shape index (κ2) is 11.4. The highest BCUT2D eigenvalue weighted by Gasteiger charge is 2.26. The number of aromatic nitrogens is 2. The molecule has 1 unspecified atom stereocenters. The maximum atomic E-state index is 5.39. The normalized spacial score (nSPS) is 15.8. The summed E-state index contributed by atoms with van der Waals surface area (Å²) in [7, 11) is 0. The average Bonchev–Trinajstić information content (AvgIpc) is 3.72. The van der Waals surface area contributed by atoms with Crippen LogP contribution >= 0.6 is 0 Å². The maximum Gasteiger partial charge on any atom is 0.145 e. The predicted molar refractivity (Wildman–Crippen MR) is 217 cm³/mol. The molecule has 246 valence electrons. The number of aliphatic imine (C=N–C) groups is 1. The minimum absolute atomic E-state index is 0.203. The third-order valence-electron chi connectivity index (χ3n) is 11.0.